The Morgan fingerprint density at radius 2 is 2.00 bits per heavy atom. The molecule has 6 heteroatoms. The third-order valence-corrected chi connectivity index (χ3v) is 3.05. The summed E-state index contributed by atoms with van der Waals surface area (Å²) >= 11 is 0. The molecule has 0 aromatic carbocycles. The van der Waals surface area contributed by atoms with Gasteiger partial charge in [0.25, 0.3) is 0 Å². The van der Waals surface area contributed by atoms with E-state index in [2.05, 4.69) is 12.2 Å². The minimum Gasteiger partial charge on any atom is -0.389 e. The van der Waals surface area contributed by atoms with Crippen LogP contribution in [0.3, 0.4) is 0 Å². The quantitative estimate of drug-likeness (QED) is 0.470. The molecule has 0 spiro atoms. The predicted octanol–water partition coefficient (Wildman–Crippen LogP) is 0.149. The first-order chi connectivity index (χ1) is 8.66. The Bertz CT molecular complexity index is 205. The Balaban J connectivity index is 3.16. The topological polar surface area (TPSA) is 67.8 Å². The van der Waals surface area contributed by atoms with Gasteiger partial charge in [-0.05, 0) is 6.42 Å². The van der Waals surface area contributed by atoms with Gasteiger partial charge in [-0.15, -0.1) is 0 Å². The summed E-state index contributed by atoms with van der Waals surface area (Å²) in [5.74, 6) is 0.610. The number of hydrogen-bond donors (Lipinski definition) is 2. The van der Waals surface area contributed by atoms with E-state index in [0.29, 0.717) is 38.7 Å². The van der Waals surface area contributed by atoms with E-state index in [1.165, 1.54) is 0 Å². The van der Waals surface area contributed by atoms with Crippen molar-refractivity contribution in [1.82, 2.24) is 5.32 Å². The molecular weight excluding hydrogens is 254 g/mol. The molecule has 0 heterocycles. The first kappa shape index (κ1) is 18.0. The van der Waals surface area contributed by atoms with Crippen LogP contribution in [0.25, 0.3) is 0 Å². The zero-order valence-corrected chi connectivity index (χ0v) is 12.3. The standard InChI is InChI=1S/C12H27NO4S/c1-3-4-6-16-7-8-17-11-12(14)10-13-5-9-18(2)15/h12-14H,3-11H2,1-2H3. The van der Waals surface area contributed by atoms with Gasteiger partial charge >= 0.3 is 0 Å². The minimum absolute atomic E-state index is 0.305. The Labute approximate surface area is 113 Å². The monoisotopic (exact) mass is 281 g/mol. The molecule has 0 bridgehead atoms. The number of hydrogen-bond acceptors (Lipinski definition) is 5. The highest BCUT2D eigenvalue weighted by atomic mass is 32.2. The molecule has 0 aliphatic heterocycles. The van der Waals surface area contributed by atoms with Gasteiger partial charge in [-0.2, -0.15) is 0 Å². The fourth-order valence-corrected chi connectivity index (χ4v) is 1.66. The van der Waals surface area contributed by atoms with E-state index in [1.807, 2.05) is 0 Å². The number of nitrogens with one attached hydrogen (secondary N) is 1. The van der Waals surface area contributed by atoms with Crippen LogP contribution in [0.1, 0.15) is 19.8 Å². The van der Waals surface area contributed by atoms with Crippen LogP contribution in [0, 0.1) is 0 Å². The van der Waals surface area contributed by atoms with Crippen molar-refractivity contribution in [2.45, 2.75) is 25.9 Å². The molecule has 0 aliphatic carbocycles. The number of aliphatic hydroxyl groups excluding tert-OH is 1. The highest BCUT2D eigenvalue weighted by molar-refractivity contribution is 7.84. The van der Waals surface area contributed by atoms with Crippen LogP contribution >= 0.6 is 0 Å². The van der Waals surface area contributed by atoms with Gasteiger partial charge in [0.1, 0.15) is 0 Å². The second kappa shape index (κ2) is 13.4. The second-order valence-electron chi connectivity index (χ2n) is 4.18. The number of ether oxygens (including phenoxy) is 2. The summed E-state index contributed by atoms with van der Waals surface area (Å²) in [4.78, 5) is 0. The van der Waals surface area contributed by atoms with Crippen molar-refractivity contribution < 1.29 is 18.8 Å². The van der Waals surface area contributed by atoms with Gasteiger partial charge in [0.05, 0.1) is 25.9 Å². The van der Waals surface area contributed by atoms with Crippen LogP contribution in [0.15, 0.2) is 0 Å². The van der Waals surface area contributed by atoms with Gasteiger partial charge in [0.15, 0.2) is 0 Å². The molecule has 0 aromatic heterocycles. The third kappa shape index (κ3) is 14.1. The summed E-state index contributed by atoms with van der Waals surface area (Å²) in [5.41, 5.74) is 0. The number of unbranched alkanes of at least 4 members (excludes halogenated alkanes) is 1. The van der Waals surface area contributed by atoms with E-state index in [9.17, 15) is 9.32 Å². The van der Waals surface area contributed by atoms with E-state index < -0.39 is 16.9 Å². The molecule has 0 amide bonds. The summed E-state index contributed by atoms with van der Waals surface area (Å²) in [6, 6.07) is 0. The molecule has 5 nitrogen and oxygen atoms in total. The Morgan fingerprint density at radius 3 is 2.67 bits per heavy atom. The summed E-state index contributed by atoms with van der Waals surface area (Å²) in [6.07, 6.45) is 3.35. The first-order valence-electron chi connectivity index (χ1n) is 6.51. The predicted molar refractivity (Wildman–Crippen MR) is 74.4 cm³/mol. The van der Waals surface area contributed by atoms with E-state index in [-0.39, 0.29) is 0 Å². The van der Waals surface area contributed by atoms with Crippen LogP contribution in [0.4, 0.5) is 0 Å². The smallest absolute Gasteiger partial charge is 0.0897 e. The van der Waals surface area contributed by atoms with Crippen LogP contribution in [-0.4, -0.2) is 66.9 Å². The first-order valence-corrected chi connectivity index (χ1v) is 8.23. The molecule has 0 aliphatic rings. The van der Waals surface area contributed by atoms with Crippen LogP contribution in [0.5, 0.6) is 0 Å². The molecule has 2 unspecified atom stereocenters. The van der Waals surface area contributed by atoms with Crippen LogP contribution in [-0.2, 0) is 20.3 Å². The molecule has 18 heavy (non-hydrogen) atoms. The lowest BCUT2D eigenvalue weighted by molar-refractivity contribution is 0.00410. The normalized spacial score (nSPS) is 14.6. The summed E-state index contributed by atoms with van der Waals surface area (Å²) < 4.78 is 21.4. The van der Waals surface area contributed by atoms with Crippen molar-refractivity contribution in [3.05, 3.63) is 0 Å². The van der Waals surface area contributed by atoms with Crippen molar-refractivity contribution in [1.29, 1.82) is 0 Å². The average Bonchev–Trinajstić information content (AvgIpc) is 2.33. The molecule has 2 atom stereocenters. The molecule has 0 radical (unpaired) electrons. The van der Waals surface area contributed by atoms with Gasteiger partial charge in [0, 0.05) is 42.5 Å². The maximum Gasteiger partial charge on any atom is 0.0897 e. The SMILES string of the molecule is CCCCOCCOCC(O)CNCCS(C)=O. The van der Waals surface area contributed by atoms with Crippen LogP contribution < -0.4 is 5.32 Å². The van der Waals surface area contributed by atoms with Gasteiger partial charge in [-0.1, -0.05) is 13.3 Å². The molecule has 2 N–H and O–H groups in total. The molecule has 0 fully saturated rings. The molecule has 0 rings (SSSR count). The van der Waals surface area contributed by atoms with E-state index in [0.717, 1.165) is 19.4 Å². The van der Waals surface area contributed by atoms with E-state index >= 15 is 0 Å². The lowest BCUT2D eigenvalue weighted by atomic mass is 10.4. The lowest BCUT2D eigenvalue weighted by Crippen LogP contribution is -2.32. The third-order valence-electron chi connectivity index (χ3n) is 2.27. The maximum atomic E-state index is 10.8. The van der Waals surface area contributed by atoms with Gasteiger partial charge in [0.2, 0.25) is 0 Å². The van der Waals surface area contributed by atoms with Gasteiger partial charge < -0.3 is 19.9 Å². The molecular formula is C12H27NO4S. The zero-order valence-electron chi connectivity index (χ0n) is 11.5. The fourth-order valence-electron chi connectivity index (χ4n) is 1.23. The highest BCUT2D eigenvalue weighted by Crippen LogP contribution is 1.89. The van der Waals surface area contributed by atoms with Crippen molar-refractivity contribution in [3.63, 3.8) is 0 Å². The molecule has 0 saturated heterocycles. The number of rotatable bonds is 13. The molecule has 110 valence electrons. The summed E-state index contributed by atoms with van der Waals surface area (Å²) in [6.45, 7) is 5.41. The Kier molecular flexibility index (Phi) is 13.4. The second-order valence-corrected chi connectivity index (χ2v) is 5.73. The van der Waals surface area contributed by atoms with Gasteiger partial charge in [-0.3, -0.25) is 4.21 Å². The van der Waals surface area contributed by atoms with Crippen molar-refractivity contribution in [2.75, 3.05) is 51.5 Å². The van der Waals surface area contributed by atoms with E-state index in [1.54, 1.807) is 6.26 Å². The van der Waals surface area contributed by atoms with Crippen molar-refractivity contribution in [2.24, 2.45) is 0 Å². The summed E-state index contributed by atoms with van der Waals surface area (Å²) in [7, 11) is -0.783. The molecule has 0 saturated carbocycles. The minimum atomic E-state index is -0.783. The Morgan fingerprint density at radius 1 is 1.28 bits per heavy atom. The van der Waals surface area contributed by atoms with Crippen molar-refractivity contribution >= 4 is 10.8 Å². The fraction of sp³-hybridized carbons (Fsp3) is 1.00. The van der Waals surface area contributed by atoms with Gasteiger partial charge in [-0.25, -0.2) is 0 Å². The lowest BCUT2D eigenvalue weighted by Gasteiger charge is -2.12. The van der Waals surface area contributed by atoms with Crippen molar-refractivity contribution in [3.8, 4) is 0 Å². The summed E-state index contributed by atoms with van der Waals surface area (Å²) in [5, 5.41) is 12.6. The maximum absolute atomic E-state index is 10.8. The zero-order chi connectivity index (χ0) is 13.6. The largest absolute Gasteiger partial charge is 0.389 e. The molecule has 0 aromatic rings. The average molecular weight is 281 g/mol. The Hall–Kier alpha value is -0.0100. The number of aliphatic hydroxyl groups is 1. The highest BCUT2D eigenvalue weighted by Gasteiger charge is 2.03. The van der Waals surface area contributed by atoms with Crippen LogP contribution in [0.2, 0.25) is 0 Å². The van der Waals surface area contributed by atoms with E-state index in [4.69, 9.17) is 9.47 Å².